The summed E-state index contributed by atoms with van der Waals surface area (Å²) in [5, 5.41) is 11.0. The molecule has 10 heteroatoms. The molecule has 1 N–H and O–H groups in total. The third-order valence-corrected chi connectivity index (χ3v) is 5.95. The number of rotatable bonds is 8. The molecule has 1 aromatic carbocycles. The zero-order chi connectivity index (χ0) is 24.9. The lowest BCUT2D eigenvalue weighted by molar-refractivity contribution is -0.00421. The minimum absolute atomic E-state index is 0.0946. The number of aliphatic hydroxyl groups is 1. The number of benzene rings is 1. The van der Waals surface area contributed by atoms with E-state index in [4.69, 9.17) is 30.5 Å². The summed E-state index contributed by atoms with van der Waals surface area (Å²) in [4.78, 5) is 18.3. The Bertz CT molecular complexity index is 983. The summed E-state index contributed by atoms with van der Waals surface area (Å²) in [7, 11) is 1.61. The van der Waals surface area contributed by atoms with Crippen molar-refractivity contribution in [3.8, 4) is 17.4 Å². The van der Waals surface area contributed by atoms with Gasteiger partial charge < -0.3 is 29.0 Å². The van der Waals surface area contributed by atoms with Gasteiger partial charge in [-0.05, 0) is 73.3 Å². The summed E-state index contributed by atoms with van der Waals surface area (Å²) in [6, 6.07) is 8.67. The van der Waals surface area contributed by atoms with Gasteiger partial charge >= 0.3 is 6.09 Å². The van der Waals surface area contributed by atoms with E-state index >= 15 is 0 Å². The second kappa shape index (κ2) is 11.5. The Morgan fingerprint density at radius 3 is 2.65 bits per heavy atom. The highest BCUT2D eigenvalue weighted by molar-refractivity contribution is 9.10. The number of likely N-dealkylation sites (tertiary alicyclic amines) is 1. The quantitative estimate of drug-likeness (QED) is 0.445. The number of aliphatic hydroxyl groups excluding tert-OH is 1. The highest BCUT2D eigenvalue weighted by Gasteiger charge is 2.37. The average molecular weight is 558 g/mol. The summed E-state index contributed by atoms with van der Waals surface area (Å²) in [6.45, 7) is 6.12. The first-order valence-electron chi connectivity index (χ1n) is 11.0. The number of carbonyl (C=O) groups is 1. The molecule has 1 aromatic heterocycles. The van der Waals surface area contributed by atoms with Crippen LogP contribution in [0.15, 0.2) is 34.8 Å². The van der Waals surface area contributed by atoms with E-state index in [1.54, 1.807) is 18.1 Å². The molecule has 1 amide bonds. The van der Waals surface area contributed by atoms with Crippen LogP contribution in [0.4, 0.5) is 4.79 Å². The predicted molar refractivity (Wildman–Crippen MR) is 132 cm³/mol. The fourth-order valence-corrected chi connectivity index (χ4v) is 4.39. The molecule has 0 aliphatic carbocycles. The monoisotopic (exact) mass is 556 g/mol. The van der Waals surface area contributed by atoms with Crippen molar-refractivity contribution in [1.29, 1.82) is 0 Å². The molecule has 2 atom stereocenters. The van der Waals surface area contributed by atoms with Crippen LogP contribution in [0.1, 0.15) is 39.2 Å². The molecule has 0 spiro atoms. The number of halogens is 2. The lowest BCUT2D eigenvalue weighted by Gasteiger charge is -2.31. The molecule has 34 heavy (non-hydrogen) atoms. The molecule has 186 valence electrons. The number of carbonyl (C=O) groups excluding carboxylic acids is 1. The topological polar surface area (TPSA) is 90.4 Å². The molecule has 1 aliphatic rings. The van der Waals surface area contributed by atoms with E-state index in [0.29, 0.717) is 23.2 Å². The molecule has 2 aromatic rings. The number of hydrogen-bond acceptors (Lipinski definition) is 7. The number of methoxy groups -OCH3 is 1. The van der Waals surface area contributed by atoms with Crippen LogP contribution in [0.25, 0.3) is 0 Å². The van der Waals surface area contributed by atoms with Gasteiger partial charge in [0.05, 0.1) is 17.6 Å². The van der Waals surface area contributed by atoms with Crippen molar-refractivity contribution < 1.29 is 28.8 Å². The molecule has 0 bridgehead atoms. The Balaban J connectivity index is 1.66. The standard InChI is InChI=1S/C24H30BrClN2O6/c1-24(2,3)34-23(30)28-11-5-6-18(28)19(29)14-33-22-21(17(25)12-20(26)27-22)32-13-15-7-9-16(31-4)10-8-15/h7-10,12,18-19,29H,5-6,11,13-14H2,1-4H3/t18-,19-/m1/s1. The van der Waals surface area contributed by atoms with E-state index in [1.165, 1.54) is 0 Å². The Kier molecular flexibility index (Phi) is 8.89. The second-order valence-corrected chi connectivity index (χ2v) is 10.2. The Hall–Kier alpha value is -2.23. The van der Waals surface area contributed by atoms with Crippen molar-refractivity contribution in [2.45, 2.75) is 58.0 Å². The zero-order valence-corrected chi connectivity index (χ0v) is 22.1. The summed E-state index contributed by atoms with van der Waals surface area (Å²) in [5.41, 5.74) is 0.311. The van der Waals surface area contributed by atoms with Crippen LogP contribution < -0.4 is 14.2 Å². The van der Waals surface area contributed by atoms with Gasteiger partial charge in [-0.1, -0.05) is 23.7 Å². The van der Waals surface area contributed by atoms with E-state index < -0.39 is 23.8 Å². The number of amides is 1. The summed E-state index contributed by atoms with van der Waals surface area (Å²) in [5.74, 6) is 1.26. The van der Waals surface area contributed by atoms with Crippen molar-refractivity contribution in [2.24, 2.45) is 0 Å². The molecule has 0 unspecified atom stereocenters. The maximum atomic E-state index is 12.5. The Morgan fingerprint density at radius 2 is 2.00 bits per heavy atom. The maximum Gasteiger partial charge on any atom is 0.410 e. The van der Waals surface area contributed by atoms with Crippen LogP contribution >= 0.6 is 27.5 Å². The van der Waals surface area contributed by atoms with Gasteiger partial charge in [0, 0.05) is 6.54 Å². The highest BCUT2D eigenvalue weighted by atomic mass is 79.9. The van der Waals surface area contributed by atoms with E-state index in [-0.39, 0.29) is 24.2 Å². The van der Waals surface area contributed by atoms with Crippen LogP contribution in [-0.2, 0) is 11.3 Å². The third kappa shape index (κ3) is 7.13. The summed E-state index contributed by atoms with van der Waals surface area (Å²) < 4.78 is 23.0. The van der Waals surface area contributed by atoms with Crippen LogP contribution in [0.2, 0.25) is 5.15 Å². The highest BCUT2D eigenvalue weighted by Crippen LogP contribution is 2.37. The fraction of sp³-hybridized carbons (Fsp3) is 0.500. The van der Waals surface area contributed by atoms with Crippen molar-refractivity contribution in [3.63, 3.8) is 0 Å². The van der Waals surface area contributed by atoms with Gasteiger partial charge in [-0.2, -0.15) is 4.98 Å². The van der Waals surface area contributed by atoms with Crippen LogP contribution in [0.5, 0.6) is 17.4 Å². The van der Waals surface area contributed by atoms with Crippen molar-refractivity contribution in [1.82, 2.24) is 9.88 Å². The average Bonchev–Trinajstić information content (AvgIpc) is 3.26. The van der Waals surface area contributed by atoms with Crippen LogP contribution in [-0.4, -0.2) is 59.1 Å². The predicted octanol–water partition coefficient (Wildman–Crippen LogP) is 5.22. The molecule has 0 saturated carbocycles. The number of ether oxygens (including phenoxy) is 4. The molecular weight excluding hydrogens is 528 g/mol. The lowest BCUT2D eigenvalue weighted by atomic mass is 10.1. The van der Waals surface area contributed by atoms with Crippen molar-refractivity contribution in [2.75, 3.05) is 20.3 Å². The van der Waals surface area contributed by atoms with Crippen LogP contribution in [0.3, 0.4) is 0 Å². The van der Waals surface area contributed by atoms with Gasteiger partial charge in [-0.25, -0.2) is 4.79 Å². The Labute approximate surface area is 213 Å². The van der Waals surface area contributed by atoms with Gasteiger partial charge in [0.25, 0.3) is 5.88 Å². The van der Waals surface area contributed by atoms with Gasteiger partial charge in [0.1, 0.15) is 35.8 Å². The molecule has 1 fully saturated rings. The van der Waals surface area contributed by atoms with Crippen molar-refractivity contribution >= 4 is 33.6 Å². The third-order valence-electron chi connectivity index (χ3n) is 5.17. The van der Waals surface area contributed by atoms with Gasteiger partial charge in [0.2, 0.25) is 0 Å². The first-order valence-corrected chi connectivity index (χ1v) is 12.2. The van der Waals surface area contributed by atoms with E-state index in [1.807, 2.05) is 45.0 Å². The molecule has 1 saturated heterocycles. The molecular formula is C24H30BrClN2O6. The second-order valence-electron chi connectivity index (χ2n) is 8.96. The minimum atomic E-state index is -0.941. The molecule has 2 heterocycles. The first kappa shape index (κ1) is 26.4. The zero-order valence-electron chi connectivity index (χ0n) is 19.7. The van der Waals surface area contributed by atoms with Gasteiger partial charge in [0.15, 0.2) is 5.75 Å². The largest absolute Gasteiger partial charge is 0.497 e. The van der Waals surface area contributed by atoms with Gasteiger partial charge in [-0.3, -0.25) is 0 Å². The normalized spacial score (nSPS) is 16.8. The number of aromatic nitrogens is 1. The van der Waals surface area contributed by atoms with Gasteiger partial charge in [-0.15, -0.1) is 0 Å². The lowest BCUT2D eigenvalue weighted by Crippen LogP contribution is -2.46. The first-order chi connectivity index (χ1) is 16.1. The molecule has 1 aliphatic heterocycles. The molecule has 3 rings (SSSR count). The van der Waals surface area contributed by atoms with E-state index in [2.05, 4.69) is 20.9 Å². The smallest absolute Gasteiger partial charge is 0.410 e. The number of pyridine rings is 1. The summed E-state index contributed by atoms with van der Waals surface area (Å²) >= 11 is 9.56. The number of hydrogen-bond donors (Lipinski definition) is 1. The molecule has 8 nitrogen and oxygen atoms in total. The summed E-state index contributed by atoms with van der Waals surface area (Å²) in [6.07, 6.45) is 0.0419. The maximum absolute atomic E-state index is 12.5. The molecule has 0 radical (unpaired) electrons. The fourth-order valence-electron chi connectivity index (χ4n) is 3.57. The Morgan fingerprint density at radius 1 is 1.29 bits per heavy atom. The van der Waals surface area contributed by atoms with E-state index in [0.717, 1.165) is 17.7 Å². The van der Waals surface area contributed by atoms with Crippen LogP contribution in [0, 0.1) is 0 Å². The minimum Gasteiger partial charge on any atom is -0.497 e. The SMILES string of the molecule is COc1ccc(COc2c(Br)cc(Cl)nc2OC[C@@H](O)[C@H]2CCCN2C(=O)OC(C)(C)C)cc1. The van der Waals surface area contributed by atoms with Crippen molar-refractivity contribution in [3.05, 3.63) is 45.5 Å². The van der Waals surface area contributed by atoms with E-state index in [9.17, 15) is 9.90 Å². The number of nitrogens with zero attached hydrogens (tertiary/aromatic N) is 2.